The summed E-state index contributed by atoms with van der Waals surface area (Å²) >= 11 is 0. The maximum absolute atomic E-state index is 13.0. The van der Waals surface area contributed by atoms with Crippen LogP contribution in [0, 0.1) is 0 Å². The van der Waals surface area contributed by atoms with Gasteiger partial charge in [0.25, 0.3) is 5.91 Å². The minimum absolute atomic E-state index is 0.385. The molecule has 6 nitrogen and oxygen atoms in total. The average Bonchev–Trinajstić information content (AvgIpc) is 2.79. The van der Waals surface area contributed by atoms with Crippen molar-refractivity contribution in [2.45, 2.75) is 5.60 Å². The lowest BCUT2D eigenvalue weighted by Crippen LogP contribution is -2.43. The van der Waals surface area contributed by atoms with Crippen molar-refractivity contribution >= 4 is 12.1 Å². The topological polar surface area (TPSA) is 80.2 Å². The van der Waals surface area contributed by atoms with Gasteiger partial charge < -0.3 is 14.6 Å². The second-order valence-electron chi connectivity index (χ2n) is 6.28. The number of benzene rings is 3. The summed E-state index contributed by atoms with van der Waals surface area (Å²) in [4.78, 5) is 13.0. The number of ether oxygens (including phenoxy) is 2. The van der Waals surface area contributed by atoms with Crippen LogP contribution in [0.3, 0.4) is 0 Å². The zero-order chi connectivity index (χ0) is 20.7. The Hall–Kier alpha value is -3.64. The van der Waals surface area contributed by atoms with Crippen LogP contribution in [-0.2, 0) is 10.4 Å². The quantitative estimate of drug-likeness (QED) is 0.480. The fourth-order valence-electron chi connectivity index (χ4n) is 2.88. The molecule has 0 atom stereocenters. The molecule has 0 aromatic heterocycles. The van der Waals surface area contributed by atoms with Gasteiger partial charge in [0.15, 0.2) is 5.60 Å². The van der Waals surface area contributed by atoms with Gasteiger partial charge in [-0.25, -0.2) is 5.43 Å². The molecule has 0 radical (unpaired) electrons. The number of carbonyl (C=O) groups excluding carboxylic acids is 1. The van der Waals surface area contributed by atoms with Gasteiger partial charge in [-0.2, -0.15) is 5.10 Å². The van der Waals surface area contributed by atoms with Crippen molar-refractivity contribution in [1.29, 1.82) is 0 Å². The third-order valence-electron chi connectivity index (χ3n) is 4.52. The maximum Gasteiger partial charge on any atom is 0.281 e. The van der Waals surface area contributed by atoms with Crippen LogP contribution < -0.4 is 14.9 Å². The molecule has 0 saturated heterocycles. The molecule has 3 rings (SSSR count). The smallest absolute Gasteiger partial charge is 0.281 e. The van der Waals surface area contributed by atoms with E-state index in [2.05, 4.69) is 10.5 Å². The highest BCUT2D eigenvalue weighted by Gasteiger charge is 2.40. The predicted octanol–water partition coefficient (Wildman–Crippen LogP) is 3.09. The maximum atomic E-state index is 13.0. The molecular weight excluding hydrogens is 368 g/mol. The number of methoxy groups -OCH3 is 2. The first kappa shape index (κ1) is 20.1. The number of aliphatic hydroxyl groups is 1. The highest BCUT2D eigenvalue weighted by Crippen LogP contribution is 2.32. The van der Waals surface area contributed by atoms with Crippen LogP contribution in [0.4, 0.5) is 0 Å². The van der Waals surface area contributed by atoms with Crippen molar-refractivity contribution in [3.8, 4) is 11.5 Å². The van der Waals surface area contributed by atoms with Crippen molar-refractivity contribution < 1.29 is 19.4 Å². The molecule has 148 valence electrons. The van der Waals surface area contributed by atoms with Gasteiger partial charge in [0.2, 0.25) is 0 Å². The summed E-state index contributed by atoms with van der Waals surface area (Å²) in [6.07, 6.45) is 1.51. The van der Waals surface area contributed by atoms with E-state index >= 15 is 0 Å². The third-order valence-corrected chi connectivity index (χ3v) is 4.52. The molecule has 0 saturated carbocycles. The second kappa shape index (κ2) is 9.03. The molecule has 0 fully saturated rings. The van der Waals surface area contributed by atoms with Gasteiger partial charge in [-0.1, -0.05) is 54.6 Å². The van der Waals surface area contributed by atoms with Crippen LogP contribution in [0.25, 0.3) is 0 Å². The van der Waals surface area contributed by atoms with Crippen LogP contribution in [-0.4, -0.2) is 31.4 Å². The van der Waals surface area contributed by atoms with Crippen LogP contribution in [0.1, 0.15) is 16.7 Å². The average molecular weight is 390 g/mol. The van der Waals surface area contributed by atoms with Crippen LogP contribution in [0.2, 0.25) is 0 Å². The highest BCUT2D eigenvalue weighted by atomic mass is 16.5. The molecule has 0 bridgehead atoms. The first-order valence-electron chi connectivity index (χ1n) is 8.98. The Bertz CT molecular complexity index is 921. The number of hydrogen-bond donors (Lipinski definition) is 2. The molecule has 0 spiro atoms. The van der Waals surface area contributed by atoms with E-state index in [9.17, 15) is 9.90 Å². The zero-order valence-corrected chi connectivity index (χ0v) is 16.2. The van der Waals surface area contributed by atoms with Crippen molar-refractivity contribution in [3.05, 3.63) is 95.6 Å². The van der Waals surface area contributed by atoms with E-state index in [0.29, 0.717) is 22.6 Å². The number of carbonyl (C=O) groups is 1. The summed E-state index contributed by atoms with van der Waals surface area (Å²) in [6.45, 7) is 0. The number of hydrogen-bond acceptors (Lipinski definition) is 5. The van der Waals surface area contributed by atoms with Gasteiger partial charge in [-0.05, 0) is 41.0 Å². The highest BCUT2D eigenvalue weighted by molar-refractivity contribution is 5.91. The van der Waals surface area contributed by atoms with Gasteiger partial charge in [0, 0.05) is 0 Å². The van der Waals surface area contributed by atoms with Gasteiger partial charge in [-0.15, -0.1) is 0 Å². The van der Waals surface area contributed by atoms with Gasteiger partial charge in [0.1, 0.15) is 11.5 Å². The molecule has 2 N–H and O–H groups in total. The zero-order valence-electron chi connectivity index (χ0n) is 16.2. The van der Waals surface area contributed by atoms with E-state index in [-0.39, 0.29) is 0 Å². The molecule has 0 aliphatic carbocycles. The second-order valence-corrected chi connectivity index (χ2v) is 6.28. The lowest BCUT2D eigenvalue weighted by molar-refractivity contribution is -0.136. The summed E-state index contributed by atoms with van der Waals surface area (Å²) in [5.74, 6) is 0.557. The molecule has 3 aromatic rings. The number of nitrogens with zero attached hydrogens (tertiary/aromatic N) is 1. The molecule has 0 unspecified atom stereocenters. The molecular formula is C23H22N2O4. The van der Waals surface area contributed by atoms with Crippen molar-refractivity contribution in [2.24, 2.45) is 5.10 Å². The largest absolute Gasteiger partial charge is 0.497 e. The van der Waals surface area contributed by atoms with Crippen LogP contribution >= 0.6 is 0 Å². The van der Waals surface area contributed by atoms with E-state index in [0.717, 1.165) is 5.56 Å². The Balaban J connectivity index is 1.94. The van der Waals surface area contributed by atoms with E-state index in [1.54, 1.807) is 62.8 Å². The molecule has 0 heterocycles. The van der Waals surface area contributed by atoms with Crippen LogP contribution in [0.5, 0.6) is 11.5 Å². The third kappa shape index (κ3) is 4.44. The van der Waals surface area contributed by atoms with E-state index in [1.807, 2.05) is 30.3 Å². The summed E-state index contributed by atoms with van der Waals surface area (Å²) in [7, 11) is 3.10. The lowest BCUT2D eigenvalue weighted by atomic mass is 9.85. The first-order chi connectivity index (χ1) is 14.1. The van der Waals surface area contributed by atoms with Crippen molar-refractivity contribution in [1.82, 2.24) is 5.43 Å². The molecule has 29 heavy (non-hydrogen) atoms. The lowest BCUT2D eigenvalue weighted by Gasteiger charge is -2.27. The fourth-order valence-corrected chi connectivity index (χ4v) is 2.88. The molecule has 6 heteroatoms. The number of nitrogens with one attached hydrogen (secondary N) is 1. The Morgan fingerprint density at radius 3 is 1.79 bits per heavy atom. The first-order valence-corrected chi connectivity index (χ1v) is 8.98. The Labute approximate surface area is 169 Å². The van der Waals surface area contributed by atoms with Gasteiger partial charge >= 0.3 is 0 Å². The van der Waals surface area contributed by atoms with E-state index < -0.39 is 11.5 Å². The Morgan fingerprint density at radius 2 is 1.34 bits per heavy atom. The van der Waals surface area contributed by atoms with Crippen molar-refractivity contribution in [3.63, 3.8) is 0 Å². The standard InChI is InChI=1S/C23H22N2O4/c1-28-20-12-8-18(9-13-20)23(27,19-10-14-21(29-2)15-11-19)22(26)25-24-16-17-6-4-3-5-7-17/h3-16,27H,1-2H3,(H,25,26). The summed E-state index contributed by atoms with van der Waals surface area (Å²) in [6, 6.07) is 22.7. The normalized spacial score (nSPS) is 11.3. The van der Waals surface area contributed by atoms with E-state index in [4.69, 9.17) is 9.47 Å². The van der Waals surface area contributed by atoms with E-state index in [1.165, 1.54) is 6.21 Å². The SMILES string of the molecule is COc1ccc(C(O)(C(=O)NN=Cc2ccccc2)c2ccc(OC)cc2)cc1. The minimum atomic E-state index is -1.95. The summed E-state index contributed by atoms with van der Waals surface area (Å²) in [5.41, 5.74) is 2.09. The molecule has 3 aromatic carbocycles. The summed E-state index contributed by atoms with van der Waals surface area (Å²) < 4.78 is 10.3. The molecule has 0 aliphatic rings. The van der Waals surface area contributed by atoms with Crippen molar-refractivity contribution in [2.75, 3.05) is 14.2 Å². The fraction of sp³-hybridized carbons (Fsp3) is 0.130. The molecule has 0 aliphatic heterocycles. The monoisotopic (exact) mass is 390 g/mol. The minimum Gasteiger partial charge on any atom is -0.497 e. The van der Waals surface area contributed by atoms with Gasteiger partial charge in [0.05, 0.1) is 20.4 Å². The predicted molar refractivity (Wildman–Crippen MR) is 111 cm³/mol. The number of rotatable bonds is 7. The summed E-state index contributed by atoms with van der Waals surface area (Å²) in [5, 5.41) is 15.5. The number of hydrazone groups is 1. The number of amides is 1. The molecule has 1 amide bonds. The Kier molecular flexibility index (Phi) is 6.26. The van der Waals surface area contributed by atoms with Crippen LogP contribution in [0.15, 0.2) is 84.0 Å². The Morgan fingerprint density at radius 1 is 0.862 bits per heavy atom. The van der Waals surface area contributed by atoms with Gasteiger partial charge in [-0.3, -0.25) is 4.79 Å².